The van der Waals surface area contributed by atoms with E-state index in [2.05, 4.69) is 99.6 Å². The fourth-order valence-electron chi connectivity index (χ4n) is 3.88. The highest BCUT2D eigenvalue weighted by molar-refractivity contribution is 9.10. The number of rotatable bonds is 1. The maximum atomic E-state index is 6.05. The zero-order chi connectivity index (χ0) is 18.6. The molecular formula is C25H22BrN. The molecule has 27 heavy (non-hydrogen) atoms. The quantitative estimate of drug-likeness (QED) is 0.304. The second-order valence-corrected chi connectivity index (χ2v) is 7.75. The number of halogens is 1. The lowest BCUT2D eigenvalue weighted by molar-refractivity contribution is 0.670. The maximum Gasteiger partial charge on any atom is 0.0950 e. The molecule has 2 heteroatoms. The second-order valence-electron chi connectivity index (χ2n) is 6.90. The first-order valence-corrected chi connectivity index (χ1v) is 10.2. The molecule has 0 aliphatic carbocycles. The van der Waals surface area contributed by atoms with Gasteiger partial charge in [0.2, 0.25) is 0 Å². The van der Waals surface area contributed by atoms with Crippen molar-refractivity contribution in [1.29, 1.82) is 0 Å². The number of para-hydroxylation sites is 1. The molecule has 4 rings (SSSR count). The number of anilines is 2. The molecule has 0 bridgehead atoms. The van der Waals surface area contributed by atoms with Crippen molar-refractivity contribution < 1.29 is 0 Å². The molecule has 0 spiro atoms. The Morgan fingerprint density at radius 1 is 0.889 bits per heavy atom. The van der Waals surface area contributed by atoms with Gasteiger partial charge in [-0.3, -0.25) is 0 Å². The average molecular weight is 416 g/mol. The van der Waals surface area contributed by atoms with Crippen LogP contribution < -0.4 is 4.90 Å². The summed E-state index contributed by atoms with van der Waals surface area (Å²) in [6.07, 6.45) is 14.7. The monoisotopic (exact) mass is 415 g/mol. The van der Waals surface area contributed by atoms with E-state index in [-0.39, 0.29) is 6.04 Å². The molecule has 0 fully saturated rings. The molecule has 0 radical (unpaired) electrons. The lowest BCUT2D eigenvalue weighted by Crippen LogP contribution is -2.31. The third-order valence-electron chi connectivity index (χ3n) is 5.22. The molecule has 0 N–H and O–H groups in total. The van der Waals surface area contributed by atoms with Gasteiger partial charge in [-0.2, -0.15) is 0 Å². The fourth-order valence-corrected chi connectivity index (χ4v) is 4.36. The minimum atomic E-state index is 0.0298. The molecule has 0 aromatic heterocycles. The van der Waals surface area contributed by atoms with Crippen molar-refractivity contribution >= 4 is 38.1 Å². The fraction of sp³-hybridized carbons (Fsp3) is 0.200. The van der Waals surface area contributed by atoms with Crippen molar-refractivity contribution in [3.63, 3.8) is 0 Å². The molecule has 1 aliphatic heterocycles. The number of benzene rings is 3. The van der Waals surface area contributed by atoms with Crippen LogP contribution in [0.15, 0.2) is 77.3 Å². The first-order chi connectivity index (χ1) is 13.3. The van der Waals surface area contributed by atoms with Crippen LogP contribution in [0.1, 0.15) is 24.8 Å². The predicted octanol–water partition coefficient (Wildman–Crippen LogP) is 7.02. The molecule has 3 aromatic carbocycles. The summed E-state index contributed by atoms with van der Waals surface area (Å²) in [5.74, 6) is 3.08. The Labute approximate surface area is 169 Å². The van der Waals surface area contributed by atoms with Crippen molar-refractivity contribution in [3.8, 4) is 12.3 Å². The Morgan fingerprint density at radius 3 is 2.52 bits per heavy atom. The lowest BCUT2D eigenvalue weighted by atomic mass is 9.99. The van der Waals surface area contributed by atoms with E-state index in [1.165, 1.54) is 27.7 Å². The molecule has 1 aliphatic rings. The second kappa shape index (κ2) is 8.03. The molecule has 0 saturated carbocycles. The highest BCUT2D eigenvalue weighted by Gasteiger charge is 2.23. The highest BCUT2D eigenvalue weighted by atomic mass is 79.9. The SMILES string of the molecule is C#CC1CCCC=CCc2ccccc2N1c1ccc(Br)c2ccccc12. The van der Waals surface area contributed by atoms with Crippen LogP contribution in [0.4, 0.5) is 11.4 Å². The first kappa shape index (κ1) is 17.9. The maximum absolute atomic E-state index is 6.05. The zero-order valence-electron chi connectivity index (χ0n) is 15.2. The molecule has 1 unspecified atom stereocenters. The van der Waals surface area contributed by atoms with Crippen LogP contribution in [-0.2, 0) is 6.42 Å². The normalized spacial score (nSPS) is 17.3. The highest BCUT2D eigenvalue weighted by Crippen LogP contribution is 2.39. The number of hydrogen-bond donors (Lipinski definition) is 0. The van der Waals surface area contributed by atoms with E-state index in [0.29, 0.717) is 0 Å². The van der Waals surface area contributed by atoms with Gasteiger partial charge in [-0.05, 0) is 54.8 Å². The third kappa shape index (κ3) is 3.53. The van der Waals surface area contributed by atoms with Gasteiger partial charge in [0.25, 0.3) is 0 Å². The van der Waals surface area contributed by atoms with E-state index in [1.54, 1.807) is 0 Å². The van der Waals surface area contributed by atoms with E-state index in [1.807, 2.05) is 0 Å². The summed E-state index contributed by atoms with van der Waals surface area (Å²) in [5.41, 5.74) is 3.69. The number of fused-ring (bicyclic) bond motifs is 2. The minimum absolute atomic E-state index is 0.0298. The average Bonchev–Trinajstić information content (AvgIpc) is 2.72. The molecule has 0 saturated heterocycles. The van der Waals surface area contributed by atoms with Crippen LogP contribution in [0.25, 0.3) is 10.8 Å². The van der Waals surface area contributed by atoms with Crippen LogP contribution in [0, 0.1) is 12.3 Å². The van der Waals surface area contributed by atoms with E-state index in [0.717, 1.165) is 30.2 Å². The van der Waals surface area contributed by atoms with Crippen LogP contribution in [0.2, 0.25) is 0 Å². The van der Waals surface area contributed by atoms with Gasteiger partial charge in [0.05, 0.1) is 11.7 Å². The van der Waals surface area contributed by atoms with Crippen molar-refractivity contribution in [2.45, 2.75) is 31.7 Å². The molecular weight excluding hydrogens is 394 g/mol. The van der Waals surface area contributed by atoms with Crippen LogP contribution in [-0.4, -0.2) is 6.04 Å². The molecule has 0 amide bonds. The van der Waals surface area contributed by atoms with E-state index >= 15 is 0 Å². The molecule has 3 aromatic rings. The van der Waals surface area contributed by atoms with Crippen LogP contribution >= 0.6 is 15.9 Å². The first-order valence-electron chi connectivity index (χ1n) is 9.45. The number of allylic oxidation sites excluding steroid dienone is 2. The van der Waals surface area contributed by atoms with Gasteiger partial charge in [-0.25, -0.2) is 0 Å². The third-order valence-corrected chi connectivity index (χ3v) is 5.91. The van der Waals surface area contributed by atoms with Gasteiger partial charge in [0.15, 0.2) is 0 Å². The Kier molecular flexibility index (Phi) is 5.32. The summed E-state index contributed by atoms with van der Waals surface area (Å²) in [7, 11) is 0. The van der Waals surface area contributed by atoms with E-state index in [9.17, 15) is 0 Å². The summed E-state index contributed by atoms with van der Waals surface area (Å²) in [6.45, 7) is 0. The summed E-state index contributed by atoms with van der Waals surface area (Å²) < 4.78 is 1.11. The van der Waals surface area contributed by atoms with Crippen molar-refractivity contribution in [1.82, 2.24) is 0 Å². The largest absolute Gasteiger partial charge is 0.326 e. The summed E-state index contributed by atoms with van der Waals surface area (Å²) in [4.78, 5) is 2.38. The van der Waals surface area contributed by atoms with Crippen molar-refractivity contribution in [2.24, 2.45) is 0 Å². The van der Waals surface area contributed by atoms with Crippen molar-refractivity contribution in [2.75, 3.05) is 4.90 Å². The van der Waals surface area contributed by atoms with Gasteiger partial charge in [-0.15, -0.1) is 6.42 Å². The Balaban J connectivity index is 1.98. The van der Waals surface area contributed by atoms with Crippen LogP contribution in [0.5, 0.6) is 0 Å². The Hall–Kier alpha value is -2.50. The van der Waals surface area contributed by atoms with Crippen molar-refractivity contribution in [3.05, 3.63) is 82.9 Å². The number of hydrogen-bond acceptors (Lipinski definition) is 1. The minimum Gasteiger partial charge on any atom is -0.326 e. The van der Waals surface area contributed by atoms with Gasteiger partial charge in [0, 0.05) is 15.5 Å². The van der Waals surface area contributed by atoms with E-state index < -0.39 is 0 Å². The van der Waals surface area contributed by atoms with Gasteiger partial charge in [-0.1, -0.05) is 76.5 Å². The van der Waals surface area contributed by atoms with E-state index in [4.69, 9.17) is 6.42 Å². The molecule has 1 atom stereocenters. The molecule has 1 heterocycles. The predicted molar refractivity (Wildman–Crippen MR) is 120 cm³/mol. The lowest BCUT2D eigenvalue weighted by Gasteiger charge is -2.34. The van der Waals surface area contributed by atoms with Crippen LogP contribution in [0.3, 0.4) is 0 Å². The molecule has 134 valence electrons. The van der Waals surface area contributed by atoms with Gasteiger partial charge < -0.3 is 4.90 Å². The topological polar surface area (TPSA) is 3.24 Å². The Bertz CT molecular complexity index is 1030. The summed E-state index contributed by atoms with van der Waals surface area (Å²) in [5, 5.41) is 2.43. The standard InChI is InChI=1S/C25H22BrN/c1-2-20-13-6-4-3-5-11-19-12-7-10-16-24(19)27(20)25-18-17-23(26)21-14-8-9-15-22(21)25/h1,3,5,7-10,12,14-18,20H,4,6,11,13H2. The summed E-state index contributed by atoms with van der Waals surface area (Å²) in [6, 6.07) is 21.5. The summed E-state index contributed by atoms with van der Waals surface area (Å²) >= 11 is 3.70. The Morgan fingerprint density at radius 2 is 1.67 bits per heavy atom. The molecule has 1 nitrogen and oxygen atoms in total. The number of nitrogens with zero attached hydrogens (tertiary/aromatic N) is 1. The van der Waals surface area contributed by atoms with Gasteiger partial charge in [0.1, 0.15) is 0 Å². The zero-order valence-corrected chi connectivity index (χ0v) is 16.8. The smallest absolute Gasteiger partial charge is 0.0950 e. The van der Waals surface area contributed by atoms with Gasteiger partial charge >= 0.3 is 0 Å². The number of terminal acetylenes is 1.